The smallest absolute Gasteiger partial charge is 0.251 e. The van der Waals surface area contributed by atoms with Crippen LogP contribution in [0.15, 0.2) is 42.5 Å². The normalized spacial score (nSPS) is 16.2. The first-order valence-corrected chi connectivity index (χ1v) is 7.37. The zero-order chi connectivity index (χ0) is 15.5. The number of carbonyl (C=O) groups excluding carboxylic acids is 1. The van der Waals surface area contributed by atoms with Crippen molar-refractivity contribution in [2.75, 3.05) is 13.2 Å². The first-order valence-electron chi connectivity index (χ1n) is 7.37. The van der Waals surface area contributed by atoms with Gasteiger partial charge in [0, 0.05) is 5.56 Å². The summed E-state index contributed by atoms with van der Waals surface area (Å²) in [5, 5.41) is 2.92. The second kappa shape index (κ2) is 6.10. The fourth-order valence-electron chi connectivity index (χ4n) is 2.53. The molecule has 1 amide bonds. The summed E-state index contributed by atoms with van der Waals surface area (Å²) in [6, 6.07) is 13.4. The lowest BCUT2D eigenvalue weighted by atomic mass is 10.1. The molecule has 4 nitrogen and oxygen atoms in total. The molecule has 0 saturated carbocycles. The molecule has 0 spiro atoms. The lowest BCUT2D eigenvalue weighted by Crippen LogP contribution is -2.40. The Labute approximate surface area is 130 Å². The Balaban J connectivity index is 1.60. The SMILES string of the molecule is Cc1ccc(C(=O)NCC2COc3ccccc3O2)c(C)c1. The molecule has 1 aliphatic heterocycles. The fraction of sp³-hybridized carbons (Fsp3) is 0.278. The lowest BCUT2D eigenvalue weighted by Gasteiger charge is -2.26. The number of benzene rings is 2. The van der Waals surface area contributed by atoms with Gasteiger partial charge in [0.25, 0.3) is 5.91 Å². The Bertz CT molecular complexity index is 696. The van der Waals surface area contributed by atoms with E-state index in [2.05, 4.69) is 5.32 Å². The summed E-state index contributed by atoms with van der Waals surface area (Å²) in [6.07, 6.45) is -0.176. The van der Waals surface area contributed by atoms with E-state index >= 15 is 0 Å². The van der Waals surface area contributed by atoms with Gasteiger partial charge < -0.3 is 14.8 Å². The van der Waals surface area contributed by atoms with Gasteiger partial charge in [-0.25, -0.2) is 0 Å². The largest absolute Gasteiger partial charge is 0.486 e. The minimum atomic E-state index is -0.176. The lowest BCUT2D eigenvalue weighted by molar-refractivity contribution is 0.0789. The van der Waals surface area contributed by atoms with Crippen molar-refractivity contribution in [3.8, 4) is 11.5 Å². The van der Waals surface area contributed by atoms with Crippen LogP contribution in [-0.4, -0.2) is 25.2 Å². The number of amides is 1. The molecule has 0 aromatic heterocycles. The molecule has 0 radical (unpaired) electrons. The summed E-state index contributed by atoms with van der Waals surface area (Å²) in [5.74, 6) is 1.39. The van der Waals surface area contributed by atoms with Gasteiger partial charge in [-0.1, -0.05) is 29.8 Å². The van der Waals surface area contributed by atoms with Crippen LogP contribution in [0.2, 0.25) is 0 Å². The summed E-state index contributed by atoms with van der Waals surface area (Å²) in [5.41, 5.74) is 2.82. The van der Waals surface area contributed by atoms with E-state index < -0.39 is 0 Å². The number of hydrogen-bond donors (Lipinski definition) is 1. The van der Waals surface area contributed by atoms with Crippen LogP contribution in [0.1, 0.15) is 21.5 Å². The molecule has 2 aromatic rings. The molecule has 1 unspecified atom stereocenters. The van der Waals surface area contributed by atoms with E-state index in [1.54, 1.807) is 0 Å². The van der Waals surface area contributed by atoms with Gasteiger partial charge in [0.15, 0.2) is 11.5 Å². The molecule has 0 bridgehead atoms. The van der Waals surface area contributed by atoms with E-state index in [0.717, 1.165) is 22.6 Å². The standard InChI is InChI=1S/C18H19NO3/c1-12-7-8-15(13(2)9-12)18(20)19-10-14-11-21-16-5-3-4-6-17(16)22-14/h3-9,14H,10-11H2,1-2H3,(H,19,20). The second-order valence-corrected chi connectivity index (χ2v) is 5.53. The van der Waals surface area contributed by atoms with E-state index in [-0.39, 0.29) is 12.0 Å². The molecule has 2 aromatic carbocycles. The number of hydrogen-bond acceptors (Lipinski definition) is 3. The van der Waals surface area contributed by atoms with Crippen LogP contribution in [0.4, 0.5) is 0 Å². The highest BCUT2D eigenvalue weighted by molar-refractivity contribution is 5.95. The Morgan fingerprint density at radius 2 is 1.95 bits per heavy atom. The first-order chi connectivity index (χ1) is 10.6. The van der Waals surface area contributed by atoms with E-state index in [0.29, 0.717) is 18.7 Å². The van der Waals surface area contributed by atoms with Crippen molar-refractivity contribution in [1.82, 2.24) is 5.32 Å². The molecule has 22 heavy (non-hydrogen) atoms. The summed E-state index contributed by atoms with van der Waals surface area (Å²) in [7, 11) is 0. The maximum Gasteiger partial charge on any atom is 0.251 e. The Kier molecular flexibility index (Phi) is 4.00. The Morgan fingerprint density at radius 1 is 1.18 bits per heavy atom. The molecule has 0 saturated heterocycles. The molecule has 1 atom stereocenters. The molecule has 0 aliphatic carbocycles. The topological polar surface area (TPSA) is 47.6 Å². The third-order valence-corrected chi connectivity index (χ3v) is 3.68. The van der Waals surface area contributed by atoms with Crippen molar-refractivity contribution < 1.29 is 14.3 Å². The molecule has 0 fully saturated rings. The number of aryl methyl sites for hydroxylation is 2. The molecular formula is C18H19NO3. The maximum atomic E-state index is 12.3. The van der Waals surface area contributed by atoms with Crippen LogP contribution in [0, 0.1) is 13.8 Å². The van der Waals surface area contributed by atoms with Crippen molar-refractivity contribution in [2.45, 2.75) is 20.0 Å². The van der Waals surface area contributed by atoms with E-state index in [1.165, 1.54) is 0 Å². The van der Waals surface area contributed by atoms with Crippen LogP contribution in [0.25, 0.3) is 0 Å². The van der Waals surface area contributed by atoms with Crippen molar-refractivity contribution in [2.24, 2.45) is 0 Å². The van der Waals surface area contributed by atoms with Gasteiger partial charge in [0.2, 0.25) is 0 Å². The number of nitrogens with one attached hydrogen (secondary N) is 1. The number of para-hydroxylation sites is 2. The van der Waals surface area contributed by atoms with Crippen LogP contribution in [0.3, 0.4) is 0 Å². The molecule has 1 aliphatic rings. The van der Waals surface area contributed by atoms with Crippen LogP contribution in [-0.2, 0) is 0 Å². The minimum absolute atomic E-state index is 0.0834. The average Bonchev–Trinajstić information content (AvgIpc) is 2.52. The third kappa shape index (κ3) is 3.06. The number of rotatable bonds is 3. The third-order valence-electron chi connectivity index (χ3n) is 3.68. The average molecular weight is 297 g/mol. The monoisotopic (exact) mass is 297 g/mol. The zero-order valence-corrected chi connectivity index (χ0v) is 12.8. The van der Waals surface area contributed by atoms with Crippen molar-refractivity contribution in [1.29, 1.82) is 0 Å². The van der Waals surface area contributed by atoms with Crippen molar-refractivity contribution in [3.63, 3.8) is 0 Å². The molecule has 1 N–H and O–H groups in total. The quantitative estimate of drug-likeness (QED) is 0.947. The minimum Gasteiger partial charge on any atom is -0.486 e. The van der Waals surface area contributed by atoms with Gasteiger partial charge in [-0.05, 0) is 37.6 Å². The van der Waals surface area contributed by atoms with Gasteiger partial charge in [-0.3, -0.25) is 4.79 Å². The van der Waals surface area contributed by atoms with Crippen LogP contribution >= 0.6 is 0 Å². The van der Waals surface area contributed by atoms with Gasteiger partial charge in [-0.15, -0.1) is 0 Å². The van der Waals surface area contributed by atoms with Crippen molar-refractivity contribution in [3.05, 3.63) is 59.2 Å². The predicted molar refractivity (Wildman–Crippen MR) is 84.6 cm³/mol. The summed E-state index contributed by atoms with van der Waals surface area (Å²) < 4.78 is 11.5. The zero-order valence-electron chi connectivity index (χ0n) is 12.8. The molecular weight excluding hydrogens is 278 g/mol. The molecule has 4 heteroatoms. The number of carbonyl (C=O) groups is 1. The molecule has 3 rings (SSSR count). The summed E-state index contributed by atoms with van der Waals surface area (Å²) >= 11 is 0. The fourth-order valence-corrected chi connectivity index (χ4v) is 2.53. The number of fused-ring (bicyclic) bond motifs is 1. The first kappa shape index (κ1) is 14.4. The Morgan fingerprint density at radius 3 is 2.73 bits per heavy atom. The second-order valence-electron chi connectivity index (χ2n) is 5.53. The molecule has 114 valence electrons. The highest BCUT2D eigenvalue weighted by Crippen LogP contribution is 2.30. The molecule has 1 heterocycles. The van der Waals surface area contributed by atoms with Gasteiger partial charge in [-0.2, -0.15) is 0 Å². The maximum absolute atomic E-state index is 12.3. The van der Waals surface area contributed by atoms with Gasteiger partial charge in [0.1, 0.15) is 12.7 Å². The van der Waals surface area contributed by atoms with Gasteiger partial charge in [0.05, 0.1) is 6.54 Å². The van der Waals surface area contributed by atoms with E-state index in [1.807, 2.05) is 56.3 Å². The summed E-state index contributed by atoms with van der Waals surface area (Å²) in [6.45, 7) is 4.81. The predicted octanol–water partition coefficient (Wildman–Crippen LogP) is 2.87. The Hall–Kier alpha value is -2.49. The highest BCUT2D eigenvalue weighted by atomic mass is 16.6. The van der Waals surface area contributed by atoms with E-state index in [4.69, 9.17) is 9.47 Å². The van der Waals surface area contributed by atoms with Crippen LogP contribution in [0.5, 0.6) is 11.5 Å². The highest BCUT2D eigenvalue weighted by Gasteiger charge is 2.21. The van der Waals surface area contributed by atoms with E-state index in [9.17, 15) is 4.79 Å². The van der Waals surface area contributed by atoms with Crippen LogP contribution < -0.4 is 14.8 Å². The number of ether oxygens (including phenoxy) is 2. The summed E-state index contributed by atoms with van der Waals surface area (Å²) in [4.78, 5) is 12.3. The van der Waals surface area contributed by atoms with Crippen molar-refractivity contribution >= 4 is 5.91 Å². The van der Waals surface area contributed by atoms with Gasteiger partial charge >= 0.3 is 0 Å².